The molecule has 0 bridgehead atoms. The zero-order valence-corrected chi connectivity index (χ0v) is 13.8. The molecule has 1 fully saturated rings. The lowest BCUT2D eigenvalue weighted by atomic mass is 9.93. The molecule has 0 radical (unpaired) electrons. The van der Waals surface area contributed by atoms with Crippen LogP contribution in [0.15, 0.2) is 0 Å². The first-order valence-electron chi connectivity index (χ1n) is 8.07. The minimum atomic E-state index is 0.559. The second-order valence-corrected chi connectivity index (χ2v) is 6.48. The van der Waals surface area contributed by atoms with Gasteiger partial charge in [0.15, 0.2) is 0 Å². The number of rotatable bonds is 5. The molecule has 1 aromatic rings. The van der Waals surface area contributed by atoms with Crippen molar-refractivity contribution >= 4 is 11.6 Å². The van der Waals surface area contributed by atoms with Crippen LogP contribution in [-0.4, -0.2) is 15.8 Å². The van der Waals surface area contributed by atoms with E-state index in [2.05, 4.69) is 24.3 Å². The molecule has 114 valence electrons. The lowest BCUT2D eigenvalue weighted by Gasteiger charge is -2.23. The Bertz CT molecular complexity index is 420. The number of hydrogen-bond acceptors (Lipinski definition) is 2. The summed E-state index contributed by atoms with van der Waals surface area (Å²) in [6, 6.07) is 0.559. The molecule has 4 heteroatoms. The Morgan fingerprint density at radius 2 is 1.95 bits per heavy atom. The summed E-state index contributed by atoms with van der Waals surface area (Å²) in [6.45, 7) is 5.24. The number of nitrogens with zero attached hydrogens (tertiary/aromatic N) is 2. The predicted octanol–water partition coefficient (Wildman–Crippen LogP) is 4.08. The van der Waals surface area contributed by atoms with Crippen LogP contribution in [-0.2, 0) is 20.0 Å². The Morgan fingerprint density at radius 1 is 1.30 bits per heavy atom. The summed E-state index contributed by atoms with van der Waals surface area (Å²) in [6.07, 6.45) is 9.24. The molecule has 0 unspecified atom stereocenters. The zero-order chi connectivity index (χ0) is 14.5. The first-order valence-corrected chi connectivity index (χ1v) is 8.44. The largest absolute Gasteiger partial charge is 0.308 e. The van der Waals surface area contributed by atoms with Gasteiger partial charge in [-0.05, 0) is 32.1 Å². The van der Waals surface area contributed by atoms with Crippen molar-refractivity contribution in [2.24, 2.45) is 13.0 Å². The SMILES string of the molecule is CCc1nn(C)c(CN[C@H](C)C2CCCCCC2)c1Cl. The molecule has 1 N–H and O–H groups in total. The second kappa shape index (κ2) is 7.46. The van der Waals surface area contributed by atoms with Crippen molar-refractivity contribution in [1.29, 1.82) is 0 Å². The summed E-state index contributed by atoms with van der Waals surface area (Å²) in [4.78, 5) is 0. The van der Waals surface area contributed by atoms with Gasteiger partial charge in [0, 0.05) is 19.6 Å². The number of hydrogen-bond donors (Lipinski definition) is 1. The third-order valence-corrected chi connectivity index (χ3v) is 5.14. The maximum absolute atomic E-state index is 6.40. The molecule has 3 nitrogen and oxygen atoms in total. The average molecular weight is 298 g/mol. The van der Waals surface area contributed by atoms with Crippen molar-refractivity contribution in [3.05, 3.63) is 16.4 Å². The van der Waals surface area contributed by atoms with E-state index in [1.165, 1.54) is 38.5 Å². The van der Waals surface area contributed by atoms with Crippen molar-refractivity contribution in [3.63, 3.8) is 0 Å². The van der Waals surface area contributed by atoms with E-state index in [4.69, 9.17) is 11.6 Å². The molecule has 0 aromatic carbocycles. The van der Waals surface area contributed by atoms with Crippen molar-refractivity contribution in [3.8, 4) is 0 Å². The van der Waals surface area contributed by atoms with Crippen LogP contribution in [0.5, 0.6) is 0 Å². The Labute approximate surface area is 128 Å². The number of aryl methyl sites for hydroxylation is 2. The van der Waals surface area contributed by atoms with E-state index in [0.29, 0.717) is 6.04 Å². The molecule has 1 saturated carbocycles. The maximum Gasteiger partial charge on any atom is 0.0863 e. The normalized spacial score (nSPS) is 19.0. The van der Waals surface area contributed by atoms with E-state index in [0.717, 1.165) is 35.3 Å². The highest BCUT2D eigenvalue weighted by molar-refractivity contribution is 6.31. The smallest absolute Gasteiger partial charge is 0.0863 e. The van der Waals surface area contributed by atoms with Gasteiger partial charge in [0.05, 0.1) is 16.4 Å². The highest BCUT2D eigenvalue weighted by Crippen LogP contribution is 2.26. The summed E-state index contributed by atoms with van der Waals surface area (Å²) in [5, 5.41) is 8.99. The van der Waals surface area contributed by atoms with E-state index in [1.807, 2.05) is 11.7 Å². The molecule has 0 saturated heterocycles. The van der Waals surface area contributed by atoms with Crippen LogP contribution in [0.3, 0.4) is 0 Å². The van der Waals surface area contributed by atoms with Crippen molar-refractivity contribution in [1.82, 2.24) is 15.1 Å². The van der Waals surface area contributed by atoms with Gasteiger partial charge in [-0.25, -0.2) is 0 Å². The fraction of sp³-hybridized carbons (Fsp3) is 0.812. The van der Waals surface area contributed by atoms with Gasteiger partial charge in [-0.15, -0.1) is 0 Å². The van der Waals surface area contributed by atoms with Crippen molar-refractivity contribution in [2.75, 3.05) is 0 Å². The molecule has 1 aromatic heterocycles. The summed E-state index contributed by atoms with van der Waals surface area (Å²) >= 11 is 6.40. The Morgan fingerprint density at radius 3 is 2.50 bits per heavy atom. The average Bonchev–Trinajstić information content (AvgIpc) is 2.66. The van der Waals surface area contributed by atoms with Gasteiger partial charge in [0.1, 0.15) is 0 Å². The van der Waals surface area contributed by atoms with Gasteiger partial charge in [-0.1, -0.05) is 44.2 Å². The van der Waals surface area contributed by atoms with Crippen LogP contribution in [0.1, 0.15) is 63.8 Å². The summed E-state index contributed by atoms with van der Waals surface area (Å²) in [5.74, 6) is 0.815. The fourth-order valence-electron chi connectivity index (χ4n) is 3.25. The minimum absolute atomic E-state index is 0.559. The predicted molar refractivity (Wildman–Crippen MR) is 85.1 cm³/mol. The molecule has 0 aliphatic heterocycles. The zero-order valence-electron chi connectivity index (χ0n) is 13.1. The molecule has 0 amide bonds. The third-order valence-electron chi connectivity index (χ3n) is 4.70. The highest BCUT2D eigenvalue weighted by Gasteiger charge is 2.20. The fourth-order valence-corrected chi connectivity index (χ4v) is 3.61. The third kappa shape index (κ3) is 3.76. The molecular weight excluding hydrogens is 270 g/mol. The van der Waals surface area contributed by atoms with Gasteiger partial charge in [0.2, 0.25) is 0 Å². The lowest BCUT2D eigenvalue weighted by molar-refractivity contribution is 0.334. The summed E-state index contributed by atoms with van der Waals surface area (Å²) in [7, 11) is 1.98. The van der Waals surface area contributed by atoms with E-state index < -0.39 is 0 Å². The number of halogens is 1. The van der Waals surface area contributed by atoms with Crippen molar-refractivity contribution in [2.45, 2.75) is 71.4 Å². The van der Waals surface area contributed by atoms with Crippen LogP contribution in [0.25, 0.3) is 0 Å². The highest BCUT2D eigenvalue weighted by atomic mass is 35.5. The van der Waals surface area contributed by atoms with Gasteiger partial charge in [-0.2, -0.15) is 5.10 Å². The van der Waals surface area contributed by atoms with Crippen LogP contribution in [0.2, 0.25) is 5.02 Å². The molecule has 2 rings (SSSR count). The van der Waals surface area contributed by atoms with Crippen LogP contribution in [0, 0.1) is 5.92 Å². The van der Waals surface area contributed by atoms with Gasteiger partial charge in [0.25, 0.3) is 0 Å². The van der Waals surface area contributed by atoms with E-state index >= 15 is 0 Å². The Kier molecular flexibility index (Phi) is 5.91. The van der Waals surface area contributed by atoms with E-state index in [-0.39, 0.29) is 0 Å². The monoisotopic (exact) mass is 297 g/mol. The minimum Gasteiger partial charge on any atom is -0.308 e. The first kappa shape index (κ1) is 15.8. The topological polar surface area (TPSA) is 29.9 Å². The Hall–Kier alpha value is -0.540. The van der Waals surface area contributed by atoms with E-state index in [9.17, 15) is 0 Å². The lowest BCUT2D eigenvalue weighted by Crippen LogP contribution is -2.33. The van der Waals surface area contributed by atoms with Crippen molar-refractivity contribution < 1.29 is 0 Å². The maximum atomic E-state index is 6.40. The van der Waals surface area contributed by atoms with E-state index in [1.54, 1.807) is 0 Å². The molecule has 20 heavy (non-hydrogen) atoms. The number of aromatic nitrogens is 2. The molecule has 1 heterocycles. The second-order valence-electron chi connectivity index (χ2n) is 6.11. The van der Waals surface area contributed by atoms with Gasteiger partial charge in [-0.3, -0.25) is 4.68 Å². The van der Waals surface area contributed by atoms with Gasteiger partial charge >= 0.3 is 0 Å². The summed E-state index contributed by atoms with van der Waals surface area (Å²) in [5.41, 5.74) is 2.12. The molecule has 1 aliphatic rings. The first-order chi connectivity index (χ1) is 9.63. The molecular formula is C16H28ClN3. The van der Waals surface area contributed by atoms with Gasteiger partial charge < -0.3 is 5.32 Å². The molecule has 1 aliphatic carbocycles. The molecule has 0 spiro atoms. The molecule has 1 atom stereocenters. The summed E-state index contributed by atoms with van der Waals surface area (Å²) < 4.78 is 1.92. The van der Waals surface area contributed by atoms with Crippen LogP contribution >= 0.6 is 11.6 Å². The van der Waals surface area contributed by atoms with Crippen LogP contribution < -0.4 is 5.32 Å². The van der Waals surface area contributed by atoms with Crippen LogP contribution in [0.4, 0.5) is 0 Å². The number of nitrogens with one attached hydrogen (secondary N) is 1. The quantitative estimate of drug-likeness (QED) is 0.830. The standard InChI is InChI=1S/C16H28ClN3/c1-4-14-16(17)15(20(3)19-14)11-18-12(2)13-9-7-5-6-8-10-13/h12-13,18H,4-11H2,1-3H3/t12-/m1/s1. The Balaban J connectivity index is 1.92.